The summed E-state index contributed by atoms with van der Waals surface area (Å²) in [6.45, 7) is 7.77. The van der Waals surface area contributed by atoms with Gasteiger partial charge in [0.15, 0.2) is 0 Å². The van der Waals surface area contributed by atoms with Crippen molar-refractivity contribution in [2.45, 2.75) is 58.0 Å². The Bertz CT molecular complexity index is 1370. The molecule has 2 amide bonds. The first-order valence-corrected chi connectivity index (χ1v) is 14.9. The molecular formula is C31H39N3O5S. The van der Waals surface area contributed by atoms with E-state index in [-0.39, 0.29) is 17.3 Å². The number of nitrogens with one attached hydrogen (secondary N) is 1. The Labute approximate surface area is 238 Å². The van der Waals surface area contributed by atoms with Gasteiger partial charge in [-0.05, 0) is 69.2 Å². The molecule has 1 atom stereocenters. The first kappa shape index (κ1) is 30.7. The number of unbranched alkanes of at least 4 members (excludes halogenated alkanes) is 1. The second kappa shape index (κ2) is 14.0. The van der Waals surface area contributed by atoms with E-state index in [4.69, 9.17) is 4.74 Å². The molecule has 0 bridgehead atoms. The van der Waals surface area contributed by atoms with Crippen LogP contribution in [0.4, 0.5) is 5.69 Å². The second-order valence-corrected chi connectivity index (χ2v) is 11.7. The molecule has 8 nitrogen and oxygen atoms in total. The molecule has 0 unspecified atom stereocenters. The smallest absolute Gasteiger partial charge is 0.264 e. The van der Waals surface area contributed by atoms with Crippen LogP contribution in [0.5, 0.6) is 5.75 Å². The van der Waals surface area contributed by atoms with Crippen molar-refractivity contribution < 1.29 is 22.7 Å². The number of nitrogens with zero attached hydrogens (tertiary/aromatic N) is 2. The number of rotatable bonds is 13. The molecule has 0 fully saturated rings. The van der Waals surface area contributed by atoms with Gasteiger partial charge in [0.25, 0.3) is 10.0 Å². The maximum atomic E-state index is 13.9. The topological polar surface area (TPSA) is 96.0 Å². The van der Waals surface area contributed by atoms with Gasteiger partial charge in [0.1, 0.15) is 18.3 Å². The summed E-state index contributed by atoms with van der Waals surface area (Å²) < 4.78 is 34.0. The van der Waals surface area contributed by atoms with Gasteiger partial charge in [0, 0.05) is 13.1 Å². The monoisotopic (exact) mass is 565 g/mol. The van der Waals surface area contributed by atoms with Crippen LogP contribution in [0, 0.1) is 13.8 Å². The number of aryl methyl sites for hydroxylation is 2. The lowest BCUT2D eigenvalue weighted by Gasteiger charge is -2.32. The van der Waals surface area contributed by atoms with E-state index in [2.05, 4.69) is 5.32 Å². The van der Waals surface area contributed by atoms with Crippen LogP contribution < -0.4 is 14.4 Å². The minimum atomic E-state index is -4.13. The highest BCUT2D eigenvalue weighted by Crippen LogP contribution is 2.26. The average Bonchev–Trinajstić information content (AvgIpc) is 2.95. The van der Waals surface area contributed by atoms with E-state index in [0.717, 1.165) is 33.8 Å². The molecule has 0 spiro atoms. The number of anilines is 1. The van der Waals surface area contributed by atoms with Crippen molar-refractivity contribution in [1.29, 1.82) is 0 Å². The molecule has 214 valence electrons. The molecule has 0 radical (unpaired) electrons. The summed E-state index contributed by atoms with van der Waals surface area (Å²) in [6.07, 6.45) is 1.75. The summed E-state index contributed by atoms with van der Waals surface area (Å²) in [5.41, 5.74) is 3.22. The van der Waals surface area contributed by atoms with Crippen molar-refractivity contribution in [3.8, 4) is 5.75 Å². The van der Waals surface area contributed by atoms with E-state index in [1.165, 1.54) is 24.1 Å². The zero-order valence-electron chi connectivity index (χ0n) is 23.9. The second-order valence-electron chi connectivity index (χ2n) is 9.85. The summed E-state index contributed by atoms with van der Waals surface area (Å²) in [6, 6.07) is 19.9. The minimum Gasteiger partial charge on any atom is -0.497 e. The Morgan fingerprint density at radius 2 is 1.48 bits per heavy atom. The van der Waals surface area contributed by atoms with Gasteiger partial charge in [-0.1, -0.05) is 60.9 Å². The largest absolute Gasteiger partial charge is 0.497 e. The lowest BCUT2D eigenvalue weighted by atomic mass is 10.1. The number of sulfonamides is 1. The number of hydrogen-bond acceptors (Lipinski definition) is 5. The molecule has 40 heavy (non-hydrogen) atoms. The molecule has 0 aliphatic rings. The molecule has 0 aromatic heterocycles. The van der Waals surface area contributed by atoms with Crippen molar-refractivity contribution >= 4 is 27.5 Å². The quantitative estimate of drug-likeness (QED) is 0.299. The van der Waals surface area contributed by atoms with Crippen LogP contribution >= 0.6 is 0 Å². The highest BCUT2D eigenvalue weighted by atomic mass is 32.2. The average molecular weight is 566 g/mol. The van der Waals surface area contributed by atoms with E-state index < -0.39 is 28.5 Å². The summed E-state index contributed by atoms with van der Waals surface area (Å²) in [7, 11) is -2.63. The number of carbonyl (C=O) groups excluding carboxylic acids is 2. The van der Waals surface area contributed by atoms with Gasteiger partial charge in [0.2, 0.25) is 11.8 Å². The molecule has 0 aliphatic heterocycles. The zero-order valence-corrected chi connectivity index (χ0v) is 24.7. The van der Waals surface area contributed by atoms with Gasteiger partial charge in [-0.2, -0.15) is 0 Å². The van der Waals surface area contributed by atoms with Crippen LogP contribution in [-0.2, 0) is 26.2 Å². The van der Waals surface area contributed by atoms with E-state index >= 15 is 0 Å². The number of ether oxygens (including phenoxy) is 1. The van der Waals surface area contributed by atoms with Gasteiger partial charge >= 0.3 is 0 Å². The number of benzene rings is 3. The molecule has 0 heterocycles. The molecule has 3 aromatic rings. The molecule has 3 aromatic carbocycles. The Hall–Kier alpha value is -3.85. The van der Waals surface area contributed by atoms with Gasteiger partial charge in [-0.15, -0.1) is 0 Å². The summed E-state index contributed by atoms with van der Waals surface area (Å²) in [5.74, 6) is -0.255. The van der Waals surface area contributed by atoms with Crippen molar-refractivity contribution in [3.05, 3.63) is 89.5 Å². The third-order valence-electron chi connectivity index (χ3n) is 6.72. The van der Waals surface area contributed by atoms with Crippen molar-refractivity contribution in [1.82, 2.24) is 10.2 Å². The maximum Gasteiger partial charge on any atom is 0.264 e. The molecular weight excluding hydrogens is 526 g/mol. The van der Waals surface area contributed by atoms with E-state index in [9.17, 15) is 18.0 Å². The van der Waals surface area contributed by atoms with Crippen LogP contribution in [0.3, 0.4) is 0 Å². The number of amides is 2. The minimum absolute atomic E-state index is 0.0251. The SMILES string of the molecule is CCCCNC(=O)[C@@H](C)N(Cc1ccc(C)cc1)C(=O)CN(c1ccc(C)cc1)S(=O)(=O)c1ccc(OC)cc1. The fourth-order valence-corrected chi connectivity index (χ4v) is 5.54. The first-order chi connectivity index (χ1) is 19.1. The molecule has 3 rings (SSSR count). The maximum absolute atomic E-state index is 13.9. The number of methoxy groups -OCH3 is 1. The standard InChI is InChI=1S/C31H39N3O5S/c1-6-7-20-32-31(36)25(4)33(21-26-12-8-23(2)9-13-26)30(35)22-34(27-14-10-24(3)11-15-27)40(37,38)29-18-16-28(39-5)17-19-29/h8-19,25H,6-7,20-22H2,1-5H3,(H,32,36)/t25-/m1/s1. The number of hydrogen-bond donors (Lipinski definition) is 1. The van der Waals surface area contributed by atoms with Gasteiger partial charge in [-0.3, -0.25) is 13.9 Å². The fourth-order valence-electron chi connectivity index (χ4n) is 4.12. The third kappa shape index (κ3) is 7.85. The van der Waals surface area contributed by atoms with Crippen molar-refractivity contribution in [3.63, 3.8) is 0 Å². The number of carbonyl (C=O) groups is 2. The van der Waals surface area contributed by atoms with Crippen LogP contribution in [0.1, 0.15) is 43.4 Å². The van der Waals surface area contributed by atoms with Crippen LogP contribution in [0.2, 0.25) is 0 Å². The highest BCUT2D eigenvalue weighted by molar-refractivity contribution is 7.92. The predicted octanol–water partition coefficient (Wildman–Crippen LogP) is 4.84. The highest BCUT2D eigenvalue weighted by Gasteiger charge is 2.32. The molecule has 0 aliphatic carbocycles. The molecule has 0 saturated carbocycles. The van der Waals surface area contributed by atoms with Crippen molar-refractivity contribution in [2.75, 3.05) is 24.5 Å². The Balaban J connectivity index is 1.99. The Kier molecular flexibility index (Phi) is 10.7. The van der Waals surface area contributed by atoms with Crippen LogP contribution in [0.25, 0.3) is 0 Å². The first-order valence-electron chi connectivity index (χ1n) is 13.4. The van der Waals surface area contributed by atoms with E-state index in [1.54, 1.807) is 43.3 Å². The lowest BCUT2D eigenvalue weighted by Crippen LogP contribution is -2.51. The Morgan fingerprint density at radius 1 is 0.900 bits per heavy atom. The molecule has 0 saturated heterocycles. The molecule has 1 N–H and O–H groups in total. The molecule has 9 heteroatoms. The lowest BCUT2D eigenvalue weighted by molar-refractivity contribution is -0.139. The van der Waals surface area contributed by atoms with Gasteiger partial charge in [0.05, 0.1) is 17.7 Å². The van der Waals surface area contributed by atoms with Crippen molar-refractivity contribution in [2.24, 2.45) is 0 Å². The summed E-state index contributed by atoms with van der Waals surface area (Å²) in [5, 5.41) is 2.90. The Morgan fingerprint density at radius 3 is 2.02 bits per heavy atom. The van der Waals surface area contributed by atoms with Crippen LogP contribution in [0.15, 0.2) is 77.7 Å². The third-order valence-corrected chi connectivity index (χ3v) is 8.51. The van der Waals surface area contributed by atoms with Gasteiger partial charge in [-0.25, -0.2) is 8.42 Å². The van der Waals surface area contributed by atoms with Crippen LogP contribution in [-0.4, -0.2) is 51.4 Å². The summed E-state index contributed by atoms with van der Waals surface area (Å²) >= 11 is 0. The summed E-state index contributed by atoms with van der Waals surface area (Å²) in [4.78, 5) is 28.4. The fraction of sp³-hybridized carbons (Fsp3) is 0.355. The van der Waals surface area contributed by atoms with E-state index in [0.29, 0.717) is 18.0 Å². The predicted molar refractivity (Wildman–Crippen MR) is 158 cm³/mol. The van der Waals surface area contributed by atoms with Gasteiger partial charge < -0.3 is 15.0 Å². The van der Waals surface area contributed by atoms with E-state index in [1.807, 2.05) is 45.0 Å². The normalized spacial score (nSPS) is 11.9. The zero-order chi connectivity index (χ0) is 29.3.